The summed E-state index contributed by atoms with van der Waals surface area (Å²) >= 11 is 0. The first kappa shape index (κ1) is 26.5. The van der Waals surface area contributed by atoms with Gasteiger partial charge in [-0.25, -0.2) is 29.9 Å². The third kappa shape index (κ3) is 4.27. The number of benzene rings is 6. The van der Waals surface area contributed by atoms with Gasteiger partial charge in [0, 0.05) is 32.3 Å². The van der Waals surface area contributed by atoms with Crippen molar-refractivity contribution in [3.63, 3.8) is 0 Å². The number of rotatable bonds is 3. The molecule has 0 atom stereocenters. The maximum atomic E-state index is 5.13. The van der Waals surface area contributed by atoms with Gasteiger partial charge in [0.25, 0.3) is 0 Å². The van der Waals surface area contributed by atoms with Crippen LogP contribution < -0.4 is 0 Å². The molecule has 0 radical (unpaired) electrons. The molecule has 6 heteroatoms. The quantitative estimate of drug-likeness (QED) is 0.185. The second-order valence-corrected chi connectivity index (χ2v) is 12.0. The van der Waals surface area contributed by atoms with E-state index in [0.717, 1.165) is 65.0 Å². The minimum absolute atomic E-state index is 0.462. The van der Waals surface area contributed by atoms with Gasteiger partial charge in [-0.2, -0.15) is 0 Å². The number of aromatic nitrogens is 6. The molecule has 0 N–H and O–H groups in total. The maximum Gasteiger partial charge on any atom is 0.182 e. The lowest BCUT2D eigenvalue weighted by atomic mass is 10.1. The predicted molar refractivity (Wildman–Crippen MR) is 195 cm³/mol. The van der Waals surface area contributed by atoms with Gasteiger partial charge in [-0.05, 0) is 34.4 Å². The molecule has 6 nitrogen and oxygen atoms in total. The summed E-state index contributed by atoms with van der Waals surface area (Å²) in [6.45, 7) is 0. The van der Waals surface area contributed by atoms with Gasteiger partial charge in [-0.3, -0.25) is 0 Å². The average Bonchev–Trinajstić information content (AvgIpc) is 3.17. The molecule has 0 bridgehead atoms. The van der Waals surface area contributed by atoms with Crippen molar-refractivity contribution in [2.45, 2.75) is 0 Å². The highest BCUT2D eigenvalue weighted by molar-refractivity contribution is 6.07. The molecule has 0 saturated heterocycles. The summed E-state index contributed by atoms with van der Waals surface area (Å²) in [5.74, 6) is 1.39. The molecule has 0 aliphatic carbocycles. The van der Waals surface area contributed by atoms with Gasteiger partial charge in [0.15, 0.2) is 17.5 Å². The summed E-state index contributed by atoms with van der Waals surface area (Å²) in [4.78, 5) is 30.4. The minimum atomic E-state index is 0.462. The molecule has 6 aromatic carbocycles. The number of nitrogens with zero attached hydrogens (tertiary/aromatic N) is 6. The van der Waals surface area contributed by atoms with Gasteiger partial charge in [0.05, 0.1) is 16.6 Å². The molecule has 4 heterocycles. The first-order valence-electron chi connectivity index (χ1n) is 15.9. The lowest BCUT2D eigenvalue weighted by Gasteiger charge is -2.10. The third-order valence-electron chi connectivity index (χ3n) is 9.08. The highest BCUT2D eigenvalue weighted by Gasteiger charge is 2.17. The molecule has 48 heavy (non-hydrogen) atoms. The second kappa shape index (κ2) is 10.4. The van der Waals surface area contributed by atoms with E-state index in [1.165, 1.54) is 0 Å². The van der Waals surface area contributed by atoms with Crippen LogP contribution in [0.5, 0.6) is 0 Å². The normalized spacial score (nSPS) is 11.8. The number of pyridine rings is 3. The fraction of sp³-hybridized carbons (Fsp3) is 0. The highest BCUT2D eigenvalue weighted by Crippen LogP contribution is 2.31. The van der Waals surface area contributed by atoms with Crippen molar-refractivity contribution in [2.75, 3.05) is 0 Å². The van der Waals surface area contributed by atoms with Crippen LogP contribution in [0.1, 0.15) is 0 Å². The van der Waals surface area contributed by atoms with Gasteiger partial charge >= 0.3 is 0 Å². The first-order chi connectivity index (χ1) is 23.7. The summed E-state index contributed by atoms with van der Waals surface area (Å²) in [5, 5.41) is 9.80. The third-order valence-corrected chi connectivity index (χ3v) is 9.08. The van der Waals surface area contributed by atoms with Crippen LogP contribution >= 0.6 is 0 Å². The Morgan fingerprint density at radius 1 is 0.229 bits per heavy atom. The molecule has 4 aromatic heterocycles. The Balaban J connectivity index is 1.22. The van der Waals surface area contributed by atoms with Crippen molar-refractivity contribution in [1.82, 2.24) is 29.9 Å². The van der Waals surface area contributed by atoms with Crippen molar-refractivity contribution in [3.05, 3.63) is 146 Å². The van der Waals surface area contributed by atoms with Crippen molar-refractivity contribution in [1.29, 1.82) is 0 Å². The molecule has 0 aliphatic heterocycles. The molecule has 0 aliphatic rings. The fourth-order valence-electron chi connectivity index (χ4n) is 6.67. The molecule has 0 amide bonds. The standard InChI is InChI=1S/C42H24N6/c1-4-10-31-25(7-1)13-16-28-19-22-34(43-37(28)31)40-46-41(35-23-20-29-17-14-26-8-2-5-11-32(26)38(29)44-35)48-42(47-40)36-24-21-30-18-15-27-9-3-6-12-33(27)39(30)45-36/h1-24H. The Bertz CT molecular complexity index is 2590. The first-order valence-corrected chi connectivity index (χ1v) is 15.9. The van der Waals surface area contributed by atoms with Crippen molar-refractivity contribution >= 4 is 65.0 Å². The van der Waals surface area contributed by atoms with E-state index in [0.29, 0.717) is 34.6 Å². The smallest absolute Gasteiger partial charge is 0.182 e. The molecule has 222 valence electrons. The van der Waals surface area contributed by atoms with Crippen molar-refractivity contribution in [2.24, 2.45) is 0 Å². The van der Waals surface area contributed by atoms with E-state index in [4.69, 9.17) is 29.9 Å². The van der Waals surface area contributed by atoms with Crippen LogP contribution in [-0.2, 0) is 0 Å². The van der Waals surface area contributed by atoms with E-state index in [9.17, 15) is 0 Å². The summed E-state index contributed by atoms with van der Waals surface area (Å²) in [6, 6.07) is 49.7. The number of fused-ring (bicyclic) bond motifs is 9. The van der Waals surface area contributed by atoms with Gasteiger partial charge in [-0.1, -0.05) is 127 Å². The van der Waals surface area contributed by atoms with E-state index < -0.39 is 0 Å². The molecule has 0 spiro atoms. The minimum Gasteiger partial charge on any atom is -0.244 e. The Kier molecular flexibility index (Phi) is 5.77. The van der Waals surface area contributed by atoms with Crippen LogP contribution in [0.15, 0.2) is 146 Å². The van der Waals surface area contributed by atoms with E-state index in [1.54, 1.807) is 0 Å². The van der Waals surface area contributed by atoms with Crippen molar-refractivity contribution in [3.8, 4) is 34.6 Å². The lowest BCUT2D eigenvalue weighted by molar-refractivity contribution is 1.04. The Labute approximate surface area is 274 Å². The Morgan fingerprint density at radius 3 is 0.833 bits per heavy atom. The monoisotopic (exact) mass is 612 g/mol. The van der Waals surface area contributed by atoms with Crippen LogP contribution in [0, 0.1) is 0 Å². The second-order valence-electron chi connectivity index (χ2n) is 12.0. The van der Waals surface area contributed by atoms with E-state index >= 15 is 0 Å². The zero-order valence-corrected chi connectivity index (χ0v) is 25.5. The van der Waals surface area contributed by atoms with Crippen LogP contribution in [-0.4, -0.2) is 29.9 Å². The SMILES string of the molecule is c1ccc2c(c1)ccc1ccc(-c3nc(-c4ccc5ccc6ccccc6c5n4)nc(-c4ccc5ccc6ccccc6c5n4)n3)nc12. The van der Waals surface area contributed by atoms with Crippen LogP contribution in [0.3, 0.4) is 0 Å². The summed E-state index contributed by atoms with van der Waals surface area (Å²) in [6.07, 6.45) is 0. The topological polar surface area (TPSA) is 77.3 Å². The summed E-state index contributed by atoms with van der Waals surface area (Å²) in [7, 11) is 0. The molecule has 0 saturated carbocycles. The van der Waals surface area contributed by atoms with Crippen LogP contribution in [0.2, 0.25) is 0 Å². The van der Waals surface area contributed by atoms with Gasteiger partial charge < -0.3 is 0 Å². The summed E-state index contributed by atoms with van der Waals surface area (Å²) < 4.78 is 0. The molecular weight excluding hydrogens is 589 g/mol. The molecule has 10 aromatic rings. The Hall–Kier alpha value is -6.66. The Morgan fingerprint density at radius 2 is 0.500 bits per heavy atom. The highest BCUT2D eigenvalue weighted by atomic mass is 15.1. The van der Waals surface area contributed by atoms with E-state index in [2.05, 4.69) is 91.0 Å². The van der Waals surface area contributed by atoms with Gasteiger partial charge in [0.2, 0.25) is 0 Å². The van der Waals surface area contributed by atoms with E-state index in [1.807, 2.05) is 54.6 Å². The largest absolute Gasteiger partial charge is 0.244 e. The van der Waals surface area contributed by atoms with Crippen molar-refractivity contribution < 1.29 is 0 Å². The van der Waals surface area contributed by atoms with Gasteiger partial charge in [-0.15, -0.1) is 0 Å². The zero-order valence-electron chi connectivity index (χ0n) is 25.5. The van der Waals surface area contributed by atoms with Crippen LogP contribution in [0.4, 0.5) is 0 Å². The number of hydrogen-bond acceptors (Lipinski definition) is 6. The zero-order chi connectivity index (χ0) is 31.6. The van der Waals surface area contributed by atoms with E-state index in [-0.39, 0.29) is 0 Å². The predicted octanol–water partition coefficient (Wildman–Crippen LogP) is 9.98. The number of hydrogen-bond donors (Lipinski definition) is 0. The molecular formula is C42H24N6. The molecule has 0 unspecified atom stereocenters. The molecule has 10 rings (SSSR count). The fourth-order valence-corrected chi connectivity index (χ4v) is 6.67. The van der Waals surface area contributed by atoms with Gasteiger partial charge in [0.1, 0.15) is 17.1 Å². The van der Waals surface area contributed by atoms with Crippen LogP contribution in [0.25, 0.3) is 99.6 Å². The lowest BCUT2D eigenvalue weighted by Crippen LogP contribution is -2.03. The summed E-state index contributed by atoms with van der Waals surface area (Å²) in [5.41, 5.74) is 4.67. The maximum absolute atomic E-state index is 5.13. The molecule has 0 fully saturated rings. The average molecular weight is 613 g/mol.